The van der Waals surface area contributed by atoms with Gasteiger partial charge in [0.05, 0.1) is 18.6 Å². The summed E-state index contributed by atoms with van der Waals surface area (Å²) in [7, 11) is 0. The molecule has 0 unspecified atom stereocenters. The van der Waals surface area contributed by atoms with Crippen LogP contribution in [0, 0.1) is 17.8 Å². The number of hydrogen-bond donors (Lipinski definition) is 7. The number of aromatic hydroxyl groups is 1. The van der Waals surface area contributed by atoms with Gasteiger partial charge in [-0.15, -0.1) is 0 Å². The molecule has 0 heterocycles. The molecule has 0 saturated heterocycles. The molecule has 0 fully saturated rings. The fraction of sp³-hybridized carbons (Fsp3) is 0.676. The molecule has 0 saturated carbocycles. The second kappa shape index (κ2) is 21.2. The average Bonchev–Trinajstić information content (AvgIpc) is 2.94. The van der Waals surface area contributed by atoms with Gasteiger partial charge >= 0.3 is 0 Å². The molecule has 0 aliphatic heterocycles. The lowest BCUT2D eigenvalue weighted by atomic mass is 9.95. The monoisotopic (exact) mass is 649 g/mol. The number of amides is 5. The van der Waals surface area contributed by atoms with Gasteiger partial charge in [0.25, 0.3) is 5.91 Å². The van der Waals surface area contributed by atoms with Gasteiger partial charge in [0.1, 0.15) is 23.9 Å². The lowest BCUT2D eigenvalue weighted by Gasteiger charge is -2.29. The van der Waals surface area contributed by atoms with E-state index in [4.69, 9.17) is 0 Å². The Labute approximate surface area is 275 Å². The molecule has 0 aromatic heterocycles. The van der Waals surface area contributed by atoms with E-state index in [0.717, 1.165) is 0 Å². The summed E-state index contributed by atoms with van der Waals surface area (Å²) < 4.78 is 0. The number of phenols is 1. The van der Waals surface area contributed by atoms with Crippen molar-refractivity contribution in [1.29, 1.82) is 0 Å². The Kier molecular flexibility index (Phi) is 19.5. The predicted molar refractivity (Wildman–Crippen MR) is 180 cm³/mol. The Balaban J connectivity index is 0.0000202. The third-order valence-corrected chi connectivity index (χ3v) is 7.18. The number of carbonyl (C=O) groups is 5. The molecule has 262 valence electrons. The van der Waals surface area contributed by atoms with Gasteiger partial charge in [-0.1, -0.05) is 68.4 Å². The summed E-state index contributed by atoms with van der Waals surface area (Å²) in [6.07, 6.45) is -0.0187. The third-order valence-electron chi connectivity index (χ3n) is 7.18. The van der Waals surface area contributed by atoms with Gasteiger partial charge in [-0.25, -0.2) is 0 Å². The zero-order valence-corrected chi connectivity index (χ0v) is 28.1. The zero-order chi connectivity index (χ0) is 34.3. The lowest BCUT2D eigenvalue weighted by Crippen LogP contribution is -2.57. The van der Waals surface area contributed by atoms with Crippen LogP contribution in [0.1, 0.15) is 105 Å². The van der Waals surface area contributed by atoms with Gasteiger partial charge in [-0.2, -0.15) is 0 Å². The van der Waals surface area contributed by atoms with Crippen molar-refractivity contribution >= 4 is 29.5 Å². The molecule has 46 heavy (non-hydrogen) atoms. The van der Waals surface area contributed by atoms with Gasteiger partial charge < -0.3 is 36.8 Å². The minimum Gasteiger partial charge on any atom is -0.508 e. The maximum absolute atomic E-state index is 13.5. The number of aliphatic hydroxyl groups excluding tert-OH is 1. The number of benzene rings is 1. The summed E-state index contributed by atoms with van der Waals surface area (Å²) in [5, 5.41) is 34.5. The Morgan fingerprint density at radius 3 is 1.91 bits per heavy atom. The molecular formula is C34H59N5O7. The molecular weight excluding hydrogens is 590 g/mol. The first-order valence-corrected chi connectivity index (χ1v) is 16.0. The Morgan fingerprint density at radius 1 is 0.783 bits per heavy atom. The smallest absolute Gasteiger partial charge is 0.252 e. The van der Waals surface area contributed by atoms with Crippen molar-refractivity contribution < 1.29 is 34.2 Å². The van der Waals surface area contributed by atoms with Crippen LogP contribution in [-0.4, -0.2) is 76.6 Å². The number of nitrogens with one attached hydrogen (secondary N) is 5. The van der Waals surface area contributed by atoms with Crippen LogP contribution in [0.2, 0.25) is 0 Å². The van der Waals surface area contributed by atoms with Gasteiger partial charge in [0.15, 0.2) is 0 Å². The first-order chi connectivity index (χ1) is 21.1. The predicted octanol–water partition coefficient (Wildman–Crippen LogP) is 3.02. The van der Waals surface area contributed by atoms with E-state index in [0.29, 0.717) is 32.2 Å². The Bertz CT molecular complexity index is 1120. The SMILES string of the molecule is C.CCC[C@H](NC(=O)[C@H](CC(C)C)NC(=O)c1cccc(O)c1)C(=O)N[C@@H](CC(C)C)[C@@H](O)CC(=O)N[C@H](C(=O)NCC)C(C)C. The summed E-state index contributed by atoms with van der Waals surface area (Å²) in [6.45, 7) is 15.3. The average molecular weight is 650 g/mol. The van der Waals surface area contributed by atoms with Crippen LogP contribution >= 0.6 is 0 Å². The minimum absolute atomic E-state index is 0. The molecule has 0 radical (unpaired) electrons. The highest BCUT2D eigenvalue weighted by Gasteiger charge is 2.32. The van der Waals surface area contributed by atoms with Crippen molar-refractivity contribution in [2.24, 2.45) is 17.8 Å². The number of aliphatic hydroxyl groups is 1. The fourth-order valence-electron chi connectivity index (χ4n) is 4.91. The van der Waals surface area contributed by atoms with Gasteiger partial charge in [0.2, 0.25) is 23.6 Å². The first kappa shape index (κ1) is 42.3. The highest BCUT2D eigenvalue weighted by molar-refractivity contribution is 5.98. The largest absolute Gasteiger partial charge is 0.508 e. The van der Waals surface area contributed by atoms with Gasteiger partial charge in [-0.05, 0) is 62.1 Å². The van der Waals surface area contributed by atoms with E-state index in [1.54, 1.807) is 6.92 Å². The maximum Gasteiger partial charge on any atom is 0.252 e. The fourth-order valence-corrected chi connectivity index (χ4v) is 4.91. The Hall–Kier alpha value is -3.67. The molecule has 5 atom stereocenters. The van der Waals surface area contributed by atoms with Crippen LogP contribution in [0.3, 0.4) is 0 Å². The van der Waals surface area contributed by atoms with Crippen LogP contribution < -0.4 is 26.6 Å². The summed E-state index contributed by atoms with van der Waals surface area (Å²) in [5.74, 6) is -2.55. The second-order valence-corrected chi connectivity index (χ2v) is 12.8. The van der Waals surface area contributed by atoms with E-state index in [1.807, 2.05) is 48.5 Å². The third kappa shape index (κ3) is 15.1. The number of likely N-dealkylation sites (N-methyl/N-ethyl adjacent to an activating group) is 1. The molecule has 1 rings (SSSR count). The van der Waals surface area contributed by atoms with E-state index < -0.39 is 53.9 Å². The molecule has 0 spiro atoms. The maximum atomic E-state index is 13.5. The number of rotatable bonds is 19. The molecule has 0 aliphatic rings. The van der Waals surface area contributed by atoms with E-state index in [2.05, 4.69) is 26.6 Å². The molecule has 5 amide bonds. The highest BCUT2D eigenvalue weighted by Crippen LogP contribution is 2.15. The van der Waals surface area contributed by atoms with Crippen LogP contribution in [0.15, 0.2) is 24.3 Å². The van der Waals surface area contributed by atoms with Crippen LogP contribution in [0.25, 0.3) is 0 Å². The molecule has 12 nitrogen and oxygen atoms in total. The van der Waals surface area contributed by atoms with Crippen LogP contribution in [0.5, 0.6) is 5.75 Å². The zero-order valence-electron chi connectivity index (χ0n) is 28.1. The van der Waals surface area contributed by atoms with Crippen LogP contribution in [0.4, 0.5) is 0 Å². The van der Waals surface area contributed by atoms with E-state index in [1.165, 1.54) is 24.3 Å². The number of phenolic OH excluding ortho intramolecular Hbond substituents is 1. The minimum atomic E-state index is -1.24. The molecule has 1 aromatic rings. The normalized spacial score (nSPS) is 14.3. The van der Waals surface area contributed by atoms with Crippen molar-refractivity contribution in [3.05, 3.63) is 29.8 Å². The van der Waals surface area contributed by atoms with Crippen molar-refractivity contribution in [2.45, 2.75) is 125 Å². The molecule has 12 heteroatoms. The molecule has 7 N–H and O–H groups in total. The standard InChI is InChI=1S/C33H55N5O7.CH4/c1-9-12-24(35-32(44)26(16-20(5)6)37-30(42)22-13-11-14-23(39)17-22)31(43)36-25(15-19(3)4)27(40)18-28(41)38-29(21(7)8)33(45)34-10-2;/h11,13-14,17,19-21,24-27,29,39-40H,9-10,12,15-16,18H2,1-8H3,(H,34,45)(H,35,44)(H,36,43)(H,37,42)(H,38,41);1H4/t24-,25-,26-,27-,29-;/m0./s1. The second-order valence-electron chi connectivity index (χ2n) is 12.8. The van der Waals surface area contributed by atoms with Crippen molar-refractivity contribution in [1.82, 2.24) is 26.6 Å². The molecule has 0 aliphatic carbocycles. The summed E-state index contributed by atoms with van der Waals surface area (Å²) in [5.41, 5.74) is 0.194. The topological polar surface area (TPSA) is 186 Å². The first-order valence-electron chi connectivity index (χ1n) is 16.0. The number of hydrogen-bond acceptors (Lipinski definition) is 7. The number of carbonyl (C=O) groups excluding carboxylic acids is 5. The van der Waals surface area contributed by atoms with E-state index >= 15 is 0 Å². The van der Waals surface area contributed by atoms with Crippen molar-refractivity contribution in [2.75, 3.05) is 6.54 Å². The summed E-state index contributed by atoms with van der Waals surface area (Å²) in [6, 6.07) is 2.35. The van der Waals surface area contributed by atoms with E-state index in [9.17, 15) is 34.2 Å². The van der Waals surface area contributed by atoms with Crippen molar-refractivity contribution in [3.63, 3.8) is 0 Å². The van der Waals surface area contributed by atoms with Gasteiger partial charge in [-0.3, -0.25) is 24.0 Å². The molecule has 1 aromatic carbocycles. The van der Waals surface area contributed by atoms with Crippen molar-refractivity contribution in [3.8, 4) is 5.75 Å². The lowest BCUT2D eigenvalue weighted by molar-refractivity contribution is -0.132. The Morgan fingerprint density at radius 2 is 1.39 bits per heavy atom. The van der Waals surface area contributed by atoms with Crippen LogP contribution in [-0.2, 0) is 19.2 Å². The molecule has 0 bridgehead atoms. The summed E-state index contributed by atoms with van der Waals surface area (Å²) >= 11 is 0. The van der Waals surface area contributed by atoms with Gasteiger partial charge in [0, 0.05) is 12.1 Å². The van der Waals surface area contributed by atoms with E-state index in [-0.39, 0.29) is 48.8 Å². The quantitative estimate of drug-likeness (QED) is 0.120. The highest BCUT2D eigenvalue weighted by atomic mass is 16.3. The summed E-state index contributed by atoms with van der Waals surface area (Å²) in [4.78, 5) is 65.0.